The molecule has 0 atom stereocenters. The largest absolute Gasteiger partial charge is 0.487 e. The summed E-state index contributed by atoms with van der Waals surface area (Å²) in [7, 11) is 1.90. The first kappa shape index (κ1) is 12.9. The molecule has 18 heavy (non-hydrogen) atoms. The maximum Gasteiger partial charge on any atom is 0.130 e. The lowest BCUT2D eigenvalue weighted by Crippen LogP contribution is -2.08. The molecule has 0 saturated heterocycles. The van der Waals surface area contributed by atoms with Crippen molar-refractivity contribution in [3.8, 4) is 5.75 Å². The van der Waals surface area contributed by atoms with Gasteiger partial charge in [0.15, 0.2) is 0 Å². The van der Waals surface area contributed by atoms with Crippen LogP contribution in [0, 0.1) is 0 Å². The average Bonchev–Trinajstić information content (AvgIpc) is 2.37. The Hall–Kier alpha value is -1.58. The van der Waals surface area contributed by atoms with Crippen LogP contribution >= 0.6 is 11.6 Å². The highest BCUT2D eigenvalue weighted by Gasteiger charge is 1.99. The molecular weight excluding hydrogens is 248 g/mol. The van der Waals surface area contributed by atoms with E-state index in [2.05, 4.69) is 10.3 Å². The number of nitrogens with zero attached hydrogens (tertiary/aromatic N) is 1. The number of pyridine rings is 1. The summed E-state index contributed by atoms with van der Waals surface area (Å²) in [5.41, 5.74) is 1.91. The summed E-state index contributed by atoms with van der Waals surface area (Å²) in [6.45, 7) is 1.20. The van der Waals surface area contributed by atoms with E-state index in [1.54, 1.807) is 6.07 Å². The van der Waals surface area contributed by atoms with Gasteiger partial charge in [-0.15, -0.1) is 0 Å². The van der Waals surface area contributed by atoms with Gasteiger partial charge in [0.2, 0.25) is 0 Å². The van der Waals surface area contributed by atoms with Gasteiger partial charge >= 0.3 is 0 Å². The Balaban J connectivity index is 1.99. The number of nitrogens with one attached hydrogen (secondary N) is 1. The lowest BCUT2D eigenvalue weighted by atomic mass is 10.3. The third-order valence-electron chi connectivity index (χ3n) is 2.41. The van der Waals surface area contributed by atoms with Crippen molar-refractivity contribution in [2.24, 2.45) is 0 Å². The monoisotopic (exact) mass is 262 g/mol. The van der Waals surface area contributed by atoms with Crippen molar-refractivity contribution in [1.29, 1.82) is 0 Å². The molecule has 0 fully saturated rings. The number of aromatic nitrogens is 1. The zero-order chi connectivity index (χ0) is 12.8. The van der Waals surface area contributed by atoms with Crippen molar-refractivity contribution in [2.75, 3.05) is 7.05 Å². The summed E-state index contributed by atoms with van der Waals surface area (Å²) in [5, 5.41) is 3.74. The van der Waals surface area contributed by atoms with Gasteiger partial charge in [-0.3, -0.25) is 4.98 Å². The van der Waals surface area contributed by atoms with E-state index in [9.17, 15) is 0 Å². The topological polar surface area (TPSA) is 34.1 Å². The Morgan fingerprint density at radius 1 is 1.17 bits per heavy atom. The molecule has 0 aliphatic rings. The SMILES string of the molecule is CNCc1cccc(COc2cccc(Cl)c2)n1. The predicted molar refractivity (Wildman–Crippen MR) is 72.8 cm³/mol. The smallest absolute Gasteiger partial charge is 0.130 e. The lowest BCUT2D eigenvalue weighted by Gasteiger charge is -2.07. The van der Waals surface area contributed by atoms with Gasteiger partial charge in [0.05, 0.1) is 11.4 Å². The van der Waals surface area contributed by atoms with Crippen LogP contribution in [0.5, 0.6) is 5.75 Å². The van der Waals surface area contributed by atoms with Gasteiger partial charge in [-0.25, -0.2) is 0 Å². The second kappa shape index (κ2) is 6.38. The molecule has 2 rings (SSSR count). The van der Waals surface area contributed by atoms with E-state index in [1.165, 1.54) is 0 Å². The van der Waals surface area contributed by atoms with E-state index in [-0.39, 0.29) is 0 Å². The van der Waals surface area contributed by atoms with Crippen LogP contribution in [0.15, 0.2) is 42.5 Å². The zero-order valence-electron chi connectivity index (χ0n) is 10.2. The Bertz CT molecular complexity index is 517. The quantitative estimate of drug-likeness (QED) is 0.899. The van der Waals surface area contributed by atoms with Crippen molar-refractivity contribution in [2.45, 2.75) is 13.2 Å². The normalized spacial score (nSPS) is 10.3. The summed E-state index contributed by atoms with van der Waals surface area (Å²) in [6.07, 6.45) is 0. The van der Waals surface area contributed by atoms with E-state index in [1.807, 2.05) is 43.4 Å². The molecule has 4 heteroatoms. The predicted octanol–water partition coefficient (Wildman–Crippen LogP) is 3.03. The van der Waals surface area contributed by atoms with E-state index in [0.29, 0.717) is 11.6 Å². The second-order valence-corrected chi connectivity index (χ2v) is 4.33. The molecule has 1 N–H and O–H groups in total. The van der Waals surface area contributed by atoms with Crippen LogP contribution in [0.1, 0.15) is 11.4 Å². The zero-order valence-corrected chi connectivity index (χ0v) is 10.9. The molecule has 0 aliphatic carbocycles. The molecule has 0 aliphatic heterocycles. The minimum atomic E-state index is 0.442. The van der Waals surface area contributed by atoms with Crippen molar-refractivity contribution in [3.05, 3.63) is 58.9 Å². The Kier molecular flexibility index (Phi) is 4.56. The molecule has 3 nitrogen and oxygen atoms in total. The minimum Gasteiger partial charge on any atom is -0.487 e. The van der Waals surface area contributed by atoms with Gasteiger partial charge in [-0.05, 0) is 37.4 Å². The Morgan fingerprint density at radius 3 is 2.72 bits per heavy atom. The summed E-state index contributed by atoms with van der Waals surface area (Å²) in [6, 6.07) is 13.3. The summed E-state index contributed by atoms with van der Waals surface area (Å²) < 4.78 is 5.64. The van der Waals surface area contributed by atoms with Crippen LogP contribution in [0.3, 0.4) is 0 Å². The first-order valence-electron chi connectivity index (χ1n) is 5.76. The molecule has 2 aromatic rings. The fraction of sp³-hybridized carbons (Fsp3) is 0.214. The fourth-order valence-corrected chi connectivity index (χ4v) is 1.78. The van der Waals surface area contributed by atoms with Crippen LogP contribution in [0.25, 0.3) is 0 Å². The van der Waals surface area contributed by atoms with Crippen LogP contribution in [0.4, 0.5) is 0 Å². The van der Waals surface area contributed by atoms with Gasteiger partial charge in [0.25, 0.3) is 0 Å². The number of halogens is 1. The first-order chi connectivity index (χ1) is 8.78. The van der Waals surface area contributed by atoms with Gasteiger partial charge in [-0.2, -0.15) is 0 Å². The number of hydrogen-bond acceptors (Lipinski definition) is 3. The van der Waals surface area contributed by atoms with E-state index in [0.717, 1.165) is 23.7 Å². The van der Waals surface area contributed by atoms with Crippen molar-refractivity contribution in [1.82, 2.24) is 10.3 Å². The highest BCUT2D eigenvalue weighted by molar-refractivity contribution is 6.30. The van der Waals surface area contributed by atoms with Gasteiger partial charge in [0.1, 0.15) is 12.4 Å². The molecule has 1 aromatic carbocycles. The van der Waals surface area contributed by atoms with Crippen molar-refractivity contribution < 1.29 is 4.74 Å². The molecule has 0 unspecified atom stereocenters. The Morgan fingerprint density at radius 2 is 1.94 bits per heavy atom. The fourth-order valence-electron chi connectivity index (χ4n) is 1.60. The maximum absolute atomic E-state index is 5.89. The molecule has 0 radical (unpaired) electrons. The van der Waals surface area contributed by atoms with Gasteiger partial charge < -0.3 is 10.1 Å². The van der Waals surface area contributed by atoms with Crippen LogP contribution in [-0.2, 0) is 13.2 Å². The Labute approximate surface area is 112 Å². The van der Waals surface area contributed by atoms with Crippen LogP contribution < -0.4 is 10.1 Å². The molecule has 1 aromatic heterocycles. The standard InChI is InChI=1S/C14H15ClN2O/c1-16-9-12-5-3-6-13(17-12)10-18-14-7-2-4-11(15)8-14/h2-8,16H,9-10H2,1H3. The molecule has 0 saturated carbocycles. The number of benzene rings is 1. The van der Waals surface area contributed by atoms with E-state index >= 15 is 0 Å². The maximum atomic E-state index is 5.89. The average molecular weight is 263 g/mol. The third kappa shape index (κ3) is 3.72. The number of ether oxygens (including phenoxy) is 1. The molecule has 0 spiro atoms. The van der Waals surface area contributed by atoms with Gasteiger partial charge in [0, 0.05) is 11.6 Å². The molecule has 94 valence electrons. The highest BCUT2D eigenvalue weighted by Crippen LogP contribution is 2.18. The minimum absolute atomic E-state index is 0.442. The summed E-state index contributed by atoms with van der Waals surface area (Å²) in [4.78, 5) is 4.48. The van der Waals surface area contributed by atoms with Gasteiger partial charge in [-0.1, -0.05) is 23.7 Å². The number of rotatable bonds is 5. The third-order valence-corrected chi connectivity index (χ3v) is 2.64. The number of hydrogen-bond donors (Lipinski definition) is 1. The lowest BCUT2D eigenvalue weighted by molar-refractivity contribution is 0.301. The molecule has 1 heterocycles. The molecule has 0 bridgehead atoms. The summed E-state index contributed by atoms with van der Waals surface area (Å²) in [5.74, 6) is 0.753. The summed E-state index contributed by atoms with van der Waals surface area (Å²) >= 11 is 5.89. The molecule has 0 amide bonds. The second-order valence-electron chi connectivity index (χ2n) is 3.90. The van der Waals surface area contributed by atoms with Crippen molar-refractivity contribution in [3.63, 3.8) is 0 Å². The van der Waals surface area contributed by atoms with Crippen molar-refractivity contribution >= 4 is 11.6 Å². The molecular formula is C14H15ClN2O. The van der Waals surface area contributed by atoms with Crippen LogP contribution in [-0.4, -0.2) is 12.0 Å². The highest BCUT2D eigenvalue weighted by atomic mass is 35.5. The first-order valence-corrected chi connectivity index (χ1v) is 6.13. The van der Waals surface area contributed by atoms with E-state index in [4.69, 9.17) is 16.3 Å². The van der Waals surface area contributed by atoms with Crippen LogP contribution in [0.2, 0.25) is 5.02 Å². The van der Waals surface area contributed by atoms with E-state index < -0.39 is 0 Å².